The van der Waals surface area contributed by atoms with Gasteiger partial charge in [-0.15, -0.1) is 0 Å². The Morgan fingerprint density at radius 3 is 2.36 bits per heavy atom. The molecule has 2 fully saturated rings. The fourth-order valence-electron chi connectivity index (χ4n) is 3.76. The van der Waals surface area contributed by atoms with Gasteiger partial charge in [0.1, 0.15) is 0 Å². The largest absolute Gasteiger partial charge is 0.384 e. The number of piperidine rings is 1. The van der Waals surface area contributed by atoms with Crippen molar-refractivity contribution in [2.45, 2.75) is 45.1 Å². The summed E-state index contributed by atoms with van der Waals surface area (Å²) in [6.45, 7) is 3.90. The van der Waals surface area contributed by atoms with E-state index in [1.54, 1.807) is 7.11 Å². The van der Waals surface area contributed by atoms with E-state index in [2.05, 4.69) is 5.32 Å². The van der Waals surface area contributed by atoms with Gasteiger partial charge in [0.15, 0.2) is 0 Å². The smallest absolute Gasteiger partial charge is 0.253 e. The topological polar surface area (TPSA) is 58.6 Å². The van der Waals surface area contributed by atoms with Crippen LogP contribution in [0.1, 0.15) is 48.0 Å². The molecule has 1 saturated carbocycles. The molecule has 1 aliphatic carbocycles. The number of carbonyl (C=O) groups is 2. The average Bonchev–Trinajstić information content (AvgIpc) is 2.58. The maximum Gasteiger partial charge on any atom is 0.253 e. The lowest BCUT2D eigenvalue weighted by atomic mass is 9.68. The maximum absolute atomic E-state index is 12.6. The van der Waals surface area contributed by atoms with Gasteiger partial charge < -0.3 is 15.0 Å². The summed E-state index contributed by atoms with van der Waals surface area (Å²) in [5, 5.41) is 3.20. The fraction of sp³-hybridized carbons (Fsp3) is 0.600. The van der Waals surface area contributed by atoms with Gasteiger partial charge in [-0.2, -0.15) is 0 Å². The number of rotatable bonds is 5. The molecule has 5 heteroatoms. The lowest BCUT2D eigenvalue weighted by Gasteiger charge is -2.41. The second kappa shape index (κ2) is 7.56. The van der Waals surface area contributed by atoms with Crippen LogP contribution in [0.4, 0.5) is 0 Å². The van der Waals surface area contributed by atoms with Crippen molar-refractivity contribution in [2.24, 2.45) is 5.41 Å². The zero-order valence-corrected chi connectivity index (χ0v) is 15.2. The predicted molar refractivity (Wildman–Crippen MR) is 96.4 cm³/mol. The van der Waals surface area contributed by atoms with Gasteiger partial charge in [0.25, 0.3) is 5.91 Å². The van der Waals surface area contributed by atoms with Crippen molar-refractivity contribution in [3.63, 3.8) is 0 Å². The van der Waals surface area contributed by atoms with Crippen LogP contribution in [0.15, 0.2) is 24.3 Å². The van der Waals surface area contributed by atoms with Crippen LogP contribution in [0.5, 0.6) is 0 Å². The number of nitrogens with one attached hydrogen (secondary N) is 1. The van der Waals surface area contributed by atoms with Crippen molar-refractivity contribution in [3.8, 4) is 0 Å². The van der Waals surface area contributed by atoms with Gasteiger partial charge in [-0.25, -0.2) is 0 Å². The summed E-state index contributed by atoms with van der Waals surface area (Å²) in [4.78, 5) is 27.1. The van der Waals surface area contributed by atoms with Crippen LogP contribution >= 0.6 is 0 Å². The molecule has 2 aliphatic rings. The van der Waals surface area contributed by atoms with Gasteiger partial charge in [-0.1, -0.05) is 24.1 Å². The fourth-order valence-corrected chi connectivity index (χ4v) is 3.76. The molecule has 0 spiro atoms. The quantitative estimate of drug-likeness (QED) is 0.893. The van der Waals surface area contributed by atoms with E-state index in [0.29, 0.717) is 19.7 Å². The van der Waals surface area contributed by atoms with Gasteiger partial charge in [0.2, 0.25) is 5.91 Å². The summed E-state index contributed by atoms with van der Waals surface area (Å²) < 4.78 is 5.25. The first kappa shape index (κ1) is 17.9. The molecule has 1 saturated heterocycles. The van der Waals surface area contributed by atoms with E-state index in [0.717, 1.165) is 43.2 Å². The normalized spacial score (nSPS) is 20.0. The highest BCUT2D eigenvalue weighted by Gasteiger charge is 2.44. The molecule has 0 atom stereocenters. The van der Waals surface area contributed by atoms with Crippen LogP contribution in [0.2, 0.25) is 0 Å². The van der Waals surface area contributed by atoms with E-state index in [1.165, 1.54) is 0 Å². The van der Waals surface area contributed by atoms with Crippen LogP contribution in [-0.2, 0) is 9.53 Å². The number of ether oxygens (including phenoxy) is 1. The van der Waals surface area contributed by atoms with E-state index in [9.17, 15) is 9.59 Å². The highest BCUT2D eigenvalue weighted by Crippen LogP contribution is 2.41. The Morgan fingerprint density at radius 1 is 1.20 bits per heavy atom. The first-order valence-corrected chi connectivity index (χ1v) is 9.20. The molecule has 1 N–H and O–H groups in total. The molecule has 0 bridgehead atoms. The Hall–Kier alpha value is -1.88. The number of hydrogen-bond donors (Lipinski definition) is 1. The summed E-state index contributed by atoms with van der Waals surface area (Å²) >= 11 is 0. The molecule has 0 aromatic heterocycles. The molecule has 136 valence electrons. The number of methoxy groups -OCH3 is 1. The summed E-state index contributed by atoms with van der Waals surface area (Å²) in [5.74, 6) is 0.212. The molecule has 1 heterocycles. The van der Waals surface area contributed by atoms with E-state index in [4.69, 9.17) is 4.74 Å². The van der Waals surface area contributed by atoms with Gasteiger partial charge in [0, 0.05) is 31.8 Å². The minimum atomic E-state index is -0.316. The zero-order valence-electron chi connectivity index (χ0n) is 15.2. The molecule has 0 unspecified atom stereocenters. The zero-order chi connectivity index (χ0) is 17.9. The molecule has 25 heavy (non-hydrogen) atoms. The van der Waals surface area contributed by atoms with Crippen LogP contribution in [-0.4, -0.2) is 49.6 Å². The number of carbonyl (C=O) groups excluding carboxylic acids is 2. The highest BCUT2D eigenvalue weighted by atomic mass is 16.5. The van der Waals surface area contributed by atoms with Crippen LogP contribution in [0.3, 0.4) is 0 Å². The molecule has 0 radical (unpaired) electrons. The monoisotopic (exact) mass is 344 g/mol. The standard InChI is InChI=1S/C20H28N2O3/c1-15-4-6-16(7-5-15)18(23)22-12-8-17(9-13-22)21-19(24)20(14-25-2)10-3-11-20/h4-7,17H,3,8-14H2,1-2H3,(H,21,24). The van der Waals surface area contributed by atoms with Crippen molar-refractivity contribution in [2.75, 3.05) is 26.8 Å². The minimum Gasteiger partial charge on any atom is -0.384 e. The van der Waals surface area contributed by atoms with Crippen LogP contribution < -0.4 is 5.32 Å². The van der Waals surface area contributed by atoms with Gasteiger partial charge in [-0.3, -0.25) is 9.59 Å². The summed E-state index contributed by atoms with van der Waals surface area (Å²) in [6, 6.07) is 7.86. The summed E-state index contributed by atoms with van der Waals surface area (Å²) in [6.07, 6.45) is 4.55. The van der Waals surface area contributed by atoms with Gasteiger partial charge >= 0.3 is 0 Å². The van der Waals surface area contributed by atoms with E-state index in [1.807, 2.05) is 36.1 Å². The van der Waals surface area contributed by atoms with Crippen molar-refractivity contribution in [1.82, 2.24) is 10.2 Å². The second-order valence-electron chi connectivity index (χ2n) is 7.47. The molecule has 3 rings (SSSR count). The molecule has 5 nitrogen and oxygen atoms in total. The Kier molecular flexibility index (Phi) is 5.42. The Bertz CT molecular complexity index is 614. The Balaban J connectivity index is 1.51. The minimum absolute atomic E-state index is 0.0830. The van der Waals surface area contributed by atoms with E-state index >= 15 is 0 Å². The average molecular weight is 344 g/mol. The highest BCUT2D eigenvalue weighted by molar-refractivity contribution is 5.94. The third-order valence-corrected chi connectivity index (χ3v) is 5.63. The molecular weight excluding hydrogens is 316 g/mol. The SMILES string of the molecule is COCC1(C(=O)NC2CCN(C(=O)c3ccc(C)cc3)CC2)CCC1. The third-order valence-electron chi connectivity index (χ3n) is 5.63. The lowest BCUT2D eigenvalue weighted by Crippen LogP contribution is -2.54. The van der Waals surface area contributed by atoms with E-state index < -0.39 is 0 Å². The number of aryl methyl sites for hydroxylation is 1. The molecule has 1 aliphatic heterocycles. The molecule has 2 amide bonds. The first-order valence-electron chi connectivity index (χ1n) is 9.20. The maximum atomic E-state index is 12.6. The lowest BCUT2D eigenvalue weighted by molar-refractivity contribution is -0.141. The van der Waals surface area contributed by atoms with E-state index in [-0.39, 0.29) is 23.3 Å². The predicted octanol–water partition coefficient (Wildman–Crippen LogP) is 2.53. The van der Waals surface area contributed by atoms with Crippen molar-refractivity contribution in [1.29, 1.82) is 0 Å². The van der Waals surface area contributed by atoms with Crippen LogP contribution in [0.25, 0.3) is 0 Å². The number of likely N-dealkylation sites (tertiary alicyclic amines) is 1. The third kappa shape index (κ3) is 3.87. The second-order valence-corrected chi connectivity index (χ2v) is 7.47. The Labute approximate surface area is 149 Å². The number of nitrogens with zero attached hydrogens (tertiary/aromatic N) is 1. The summed E-state index contributed by atoms with van der Waals surface area (Å²) in [5.41, 5.74) is 1.57. The number of benzene rings is 1. The Morgan fingerprint density at radius 2 is 1.84 bits per heavy atom. The van der Waals surface area contributed by atoms with Crippen molar-refractivity contribution >= 4 is 11.8 Å². The van der Waals surface area contributed by atoms with Crippen molar-refractivity contribution in [3.05, 3.63) is 35.4 Å². The van der Waals surface area contributed by atoms with Crippen LogP contribution in [0, 0.1) is 12.3 Å². The number of amides is 2. The first-order chi connectivity index (χ1) is 12.0. The van der Waals surface area contributed by atoms with Gasteiger partial charge in [0.05, 0.1) is 12.0 Å². The van der Waals surface area contributed by atoms with Gasteiger partial charge in [-0.05, 0) is 44.7 Å². The molecule has 1 aromatic rings. The summed E-state index contributed by atoms with van der Waals surface area (Å²) in [7, 11) is 1.66. The van der Waals surface area contributed by atoms with Crippen molar-refractivity contribution < 1.29 is 14.3 Å². The molecular formula is C20H28N2O3. The molecule has 1 aromatic carbocycles. The number of hydrogen-bond acceptors (Lipinski definition) is 3.